The number of nitrogens with zero attached hydrogens (tertiary/aromatic N) is 1. The first-order valence-electron chi connectivity index (χ1n) is 6.39. The zero-order valence-corrected chi connectivity index (χ0v) is 13.1. The molecule has 0 saturated carbocycles. The van der Waals surface area contributed by atoms with E-state index in [-0.39, 0.29) is 12.5 Å². The molecule has 1 amide bonds. The van der Waals surface area contributed by atoms with E-state index in [1.54, 1.807) is 18.2 Å². The number of rotatable bonds is 4. The molecule has 2 N–H and O–H groups in total. The van der Waals surface area contributed by atoms with Gasteiger partial charge in [-0.1, -0.05) is 28.1 Å². The van der Waals surface area contributed by atoms with E-state index in [4.69, 9.17) is 5.26 Å². The van der Waals surface area contributed by atoms with Gasteiger partial charge < -0.3 is 10.6 Å². The fourth-order valence-electron chi connectivity index (χ4n) is 1.87. The molecule has 0 heterocycles. The number of nitrogens with one attached hydrogen (secondary N) is 2. The van der Waals surface area contributed by atoms with Gasteiger partial charge >= 0.3 is 0 Å². The van der Waals surface area contributed by atoms with Crippen molar-refractivity contribution >= 4 is 33.2 Å². The Labute approximate surface area is 131 Å². The first kappa shape index (κ1) is 15.1. The molecule has 106 valence electrons. The fourth-order valence-corrected chi connectivity index (χ4v) is 2.35. The third-order valence-corrected chi connectivity index (χ3v) is 3.44. The number of anilines is 2. The Morgan fingerprint density at radius 2 is 2.00 bits per heavy atom. The van der Waals surface area contributed by atoms with Gasteiger partial charge in [0.1, 0.15) is 6.07 Å². The van der Waals surface area contributed by atoms with Crippen molar-refractivity contribution in [1.82, 2.24) is 0 Å². The van der Waals surface area contributed by atoms with Crippen LogP contribution in [-0.4, -0.2) is 12.5 Å². The summed E-state index contributed by atoms with van der Waals surface area (Å²) >= 11 is 3.38. The van der Waals surface area contributed by atoms with Crippen molar-refractivity contribution in [3.63, 3.8) is 0 Å². The third-order valence-electron chi connectivity index (χ3n) is 2.95. The molecule has 0 atom stereocenters. The number of para-hydroxylation sites is 1. The third kappa shape index (κ3) is 4.07. The molecule has 0 unspecified atom stereocenters. The number of aryl methyl sites for hydroxylation is 1. The van der Waals surface area contributed by atoms with Crippen molar-refractivity contribution in [2.45, 2.75) is 6.92 Å². The van der Waals surface area contributed by atoms with E-state index in [1.165, 1.54) is 0 Å². The molecule has 0 aliphatic heterocycles. The van der Waals surface area contributed by atoms with Crippen LogP contribution in [0.2, 0.25) is 0 Å². The Morgan fingerprint density at radius 1 is 1.24 bits per heavy atom. The number of amides is 1. The molecule has 0 radical (unpaired) electrons. The van der Waals surface area contributed by atoms with Crippen molar-refractivity contribution in [1.29, 1.82) is 5.26 Å². The Bertz CT molecular complexity index is 707. The molecule has 0 aromatic heterocycles. The number of hydrogen-bond acceptors (Lipinski definition) is 3. The lowest BCUT2D eigenvalue weighted by Gasteiger charge is -2.11. The quantitative estimate of drug-likeness (QED) is 0.889. The fraction of sp³-hybridized carbons (Fsp3) is 0.125. The van der Waals surface area contributed by atoms with Crippen LogP contribution in [0.3, 0.4) is 0 Å². The standard InChI is InChI=1S/C16H14BrN3O/c1-11-8-13(17)6-7-14(11)20-16(21)10-19-15-5-3-2-4-12(15)9-18/h2-8,19H,10H2,1H3,(H,20,21). The molecule has 21 heavy (non-hydrogen) atoms. The zero-order valence-electron chi connectivity index (χ0n) is 11.5. The van der Waals surface area contributed by atoms with Crippen LogP contribution in [-0.2, 0) is 4.79 Å². The average molecular weight is 344 g/mol. The number of hydrogen-bond donors (Lipinski definition) is 2. The normalized spacial score (nSPS) is 9.76. The topological polar surface area (TPSA) is 64.9 Å². The van der Waals surface area contributed by atoms with Crippen LogP contribution in [0.25, 0.3) is 0 Å². The van der Waals surface area contributed by atoms with Crippen LogP contribution in [0.4, 0.5) is 11.4 Å². The Balaban J connectivity index is 1.98. The number of halogens is 1. The number of carbonyl (C=O) groups excluding carboxylic acids is 1. The minimum atomic E-state index is -0.159. The monoisotopic (exact) mass is 343 g/mol. The summed E-state index contributed by atoms with van der Waals surface area (Å²) in [6, 6.07) is 14.8. The summed E-state index contributed by atoms with van der Waals surface area (Å²) in [6.45, 7) is 2.03. The van der Waals surface area contributed by atoms with E-state index in [1.807, 2.05) is 31.2 Å². The predicted octanol–water partition coefficient (Wildman–Crippen LogP) is 3.68. The van der Waals surface area contributed by atoms with E-state index >= 15 is 0 Å². The molecular formula is C16H14BrN3O. The largest absolute Gasteiger partial charge is 0.375 e. The van der Waals surface area contributed by atoms with Gasteiger partial charge in [-0.15, -0.1) is 0 Å². The number of nitriles is 1. The lowest BCUT2D eigenvalue weighted by atomic mass is 10.2. The van der Waals surface area contributed by atoms with E-state index in [2.05, 4.69) is 32.6 Å². The smallest absolute Gasteiger partial charge is 0.243 e. The molecule has 4 nitrogen and oxygen atoms in total. The molecular weight excluding hydrogens is 330 g/mol. The van der Waals surface area contributed by atoms with Gasteiger partial charge in [-0.05, 0) is 42.8 Å². The average Bonchev–Trinajstić information content (AvgIpc) is 2.48. The highest BCUT2D eigenvalue weighted by molar-refractivity contribution is 9.10. The van der Waals surface area contributed by atoms with Gasteiger partial charge in [-0.3, -0.25) is 4.79 Å². The van der Waals surface area contributed by atoms with Crippen LogP contribution in [0.1, 0.15) is 11.1 Å². The van der Waals surface area contributed by atoms with Crippen molar-refractivity contribution in [2.24, 2.45) is 0 Å². The van der Waals surface area contributed by atoms with Crippen LogP contribution in [0, 0.1) is 18.3 Å². The molecule has 0 bridgehead atoms. The SMILES string of the molecule is Cc1cc(Br)ccc1NC(=O)CNc1ccccc1C#N. The maximum absolute atomic E-state index is 12.0. The van der Waals surface area contributed by atoms with E-state index in [0.29, 0.717) is 11.3 Å². The molecule has 0 spiro atoms. The maximum atomic E-state index is 12.0. The summed E-state index contributed by atoms with van der Waals surface area (Å²) in [5.74, 6) is -0.159. The van der Waals surface area contributed by atoms with Gasteiger partial charge in [0.15, 0.2) is 0 Å². The molecule has 2 aromatic rings. The van der Waals surface area contributed by atoms with Gasteiger partial charge in [0.05, 0.1) is 17.8 Å². The summed E-state index contributed by atoms with van der Waals surface area (Å²) in [4.78, 5) is 12.0. The van der Waals surface area contributed by atoms with Gasteiger partial charge in [0.25, 0.3) is 0 Å². The maximum Gasteiger partial charge on any atom is 0.243 e. The molecule has 0 fully saturated rings. The summed E-state index contributed by atoms with van der Waals surface area (Å²) in [5.41, 5.74) is 2.93. The lowest BCUT2D eigenvalue weighted by Crippen LogP contribution is -2.22. The molecule has 0 aliphatic carbocycles. The summed E-state index contributed by atoms with van der Waals surface area (Å²) in [6.07, 6.45) is 0. The zero-order chi connectivity index (χ0) is 15.2. The Hall–Kier alpha value is -2.32. The minimum Gasteiger partial charge on any atom is -0.375 e. The molecule has 0 aliphatic rings. The minimum absolute atomic E-state index is 0.105. The molecule has 2 rings (SSSR count). The van der Waals surface area contributed by atoms with Crippen molar-refractivity contribution < 1.29 is 4.79 Å². The van der Waals surface area contributed by atoms with E-state index < -0.39 is 0 Å². The highest BCUT2D eigenvalue weighted by Crippen LogP contribution is 2.20. The second-order valence-corrected chi connectivity index (χ2v) is 5.43. The van der Waals surface area contributed by atoms with Crippen molar-refractivity contribution in [3.8, 4) is 6.07 Å². The summed E-state index contributed by atoms with van der Waals surface area (Å²) in [5, 5.41) is 14.8. The second kappa shape index (κ2) is 6.91. The summed E-state index contributed by atoms with van der Waals surface area (Å²) in [7, 11) is 0. The Morgan fingerprint density at radius 3 is 2.71 bits per heavy atom. The molecule has 0 saturated heterocycles. The number of benzene rings is 2. The van der Waals surface area contributed by atoms with Crippen molar-refractivity contribution in [2.75, 3.05) is 17.2 Å². The Kier molecular flexibility index (Phi) is 4.96. The van der Waals surface area contributed by atoms with E-state index in [0.717, 1.165) is 15.7 Å². The summed E-state index contributed by atoms with van der Waals surface area (Å²) < 4.78 is 0.971. The van der Waals surface area contributed by atoms with Crippen LogP contribution in [0.15, 0.2) is 46.9 Å². The predicted molar refractivity (Wildman–Crippen MR) is 87.2 cm³/mol. The van der Waals surface area contributed by atoms with Gasteiger partial charge in [0.2, 0.25) is 5.91 Å². The van der Waals surface area contributed by atoms with Crippen LogP contribution < -0.4 is 10.6 Å². The van der Waals surface area contributed by atoms with Crippen LogP contribution in [0.5, 0.6) is 0 Å². The highest BCUT2D eigenvalue weighted by Gasteiger charge is 2.06. The van der Waals surface area contributed by atoms with Gasteiger partial charge in [-0.2, -0.15) is 5.26 Å². The second-order valence-electron chi connectivity index (χ2n) is 4.52. The first-order valence-corrected chi connectivity index (χ1v) is 7.18. The molecule has 2 aromatic carbocycles. The van der Waals surface area contributed by atoms with Crippen molar-refractivity contribution in [3.05, 3.63) is 58.1 Å². The van der Waals surface area contributed by atoms with E-state index in [9.17, 15) is 4.79 Å². The van der Waals surface area contributed by atoms with Gasteiger partial charge in [0, 0.05) is 10.2 Å². The highest BCUT2D eigenvalue weighted by atomic mass is 79.9. The van der Waals surface area contributed by atoms with Gasteiger partial charge in [-0.25, -0.2) is 0 Å². The lowest BCUT2D eigenvalue weighted by molar-refractivity contribution is -0.114. The molecule has 5 heteroatoms. The van der Waals surface area contributed by atoms with Crippen LogP contribution >= 0.6 is 15.9 Å². The first-order chi connectivity index (χ1) is 10.1. The number of carbonyl (C=O) groups is 1.